The number of aromatic nitrogens is 4. The van der Waals surface area contributed by atoms with E-state index in [1.165, 1.54) is 32.5 Å². The van der Waals surface area contributed by atoms with Crippen LogP contribution in [-0.4, -0.2) is 39.3 Å². The summed E-state index contributed by atoms with van der Waals surface area (Å²) in [6, 6.07) is 2.61. The monoisotopic (exact) mass is 359 g/mol. The van der Waals surface area contributed by atoms with Crippen LogP contribution >= 0.6 is 0 Å². The molecule has 1 saturated heterocycles. The Labute approximate surface area is 149 Å². The maximum atomic E-state index is 14.8. The van der Waals surface area contributed by atoms with Gasteiger partial charge in [-0.05, 0) is 44.4 Å². The number of halogens is 2. The summed E-state index contributed by atoms with van der Waals surface area (Å²) in [4.78, 5) is 10.6. The first-order valence-corrected chi connectivity index (χ1v) is 8.51. The van der Waals surface area contributed by atoms with E-state index in [-0.39, 0.29) is 23.0 Å². The topological polar surface area (TPSA) is 55.6 Å². The van der Waals surface area contributed by atoms with E-state index >= 15 is 0 Å². The zero-order valence-electron chi connectivity index (χ0n) is 14.8. The van der Waals surface area contributed by atoms with Gasteiger partial charge in [0.1, 0.15) is 23.8 Å². The standard InChI is InChI=1S/C18H19F2N5O/c1-10-7-14(20)12(8-13(10)19)15-16(26-3)23-18-21-9-22-25(18)17(15)24-6-4-5-11(24)2/h7-9,11H,4-6H2,1-3H3. The molecule has 0 saturated carbocycles. The predicted molar refractivity (Wildman–Crippen MR) is 93.5 cm³/mol. The molecule has 0 aliphatic carbocycles. The Morgan fingerprint density at radius 2 is 2.04 bits per heavy atom. The van der Waals surface area contributed by atoms with E-state index < -0.39 is 11.6 Å². The Bertz CT molecular complexity index is 987. The van der Waals surface area contributed by atoms with E-state index in [0.29, 0.717) is 17.2 Å². The summed E-state index contributed by atoms with van der Waals surface area (Å²) in [7, 11) is 1.46. The molecule has 0 radical (unpaired) electrons. The molecule has 0 spiro atoms. The highest BCUT2D eigenvalue weighted by Gasteiger charge is 2.30. The van der Waals surface area contributed by atoms with Gasteiger partial charge in [0.2, 0.25) is 5.88 Å². The van der Waals surface area contributed by atoms with Crippen molar-refractivity contribution in [2.24, 2.45) is 0 Å². The number of fused-ring (bicyclic) bond motifs is 1. The number of rotatable bonds is 3. The highest BCUT2D eigenvalue weighted by molar-refractivity contribution is 5.82. The minimum atomic E-state index is -0.531. The van der Waals surface area contributed by atoms with E-state index in [1.54, 1.807) is 4.52 Å². The highest BCUT2D eigenvalue weighted by atomic mass is 19.1. The van der Waals surface area contributed by atoms with Crippen molar-refractivity contribution in [3.05, 3.63) is 35.7 Å². The first-order valence-electron chi connectivity index (χ1n) is 8.51. The van der Waals surface area contributed by atoms with E-state index in [9.17, 15) is 8.78 Å². The Kier molecular flexibility index (Phi) is 3.97. The Balaban J connectivity index is 2.09. The third-order valence-corrected chi connectivity index (χ3v) is 4.91. The second-order valence-electron chi connectivity index (χ2n) is 6.56. The maximum Gasteiger partial charge on any atom is 0.257 e. The van der Waals surface area contributed by atoms with Gasteiger partial charge in [0.05, 0.1) is 12.7 Å². The first kappa shape index (κ1) is 16.7. The second kappa shape index (κ2) is 6.19. The number of benzene rings is 1. The molecule has 0 bridgehead atoms. The number of anilines is 1. The lowest BCUT2D eigenvalue weighted by atomic mass is 10.0. The zero-order valence-corrected chi connectivity index (χ0v) is 14.8. The maximum absolute atomic E-state index is 14.8. The average molecular weight is 359 g/mol. The molecular formula is C18H19F2N5O. The summed E-state index contributed by atoms with van der Waals surface area (Å²) in [5.41, 5.74) is 0.732. The molecule has 3 aromatic rings. The number of ether oxygens (including phenoxy) is 1. The number of nitrogens with zero attached hydrogens (tertiary/aromatic N) is 5. The number of hydrogen-bond donors (Lipinski definition) is 0. The lowest BCUT2D eigenvalue weighted by molar-refractivity contribution is 0.399. The van der Waals surface area contributed by atoms with Crippen molar-refractivity contribution >= 4 is 11.6 Å². The van der Waals surface area contributed by atoms with Crippen molar-refractivity contribution in [3.8, 4) is 17.0 Å². The van der Waals surface area contributed by atoms with Gasteiger partial charge in [0.15, 0.2) is 0 Å². The van der Waals surface area contributed by atoms with Crippen LogP contribution in [0.15, 0.2) is 18.5 Å². The van der Waals surface area contributed by atoms with Crippen LogP contribution in [0.3, 0.4) is 0 Å². The second-order valence-corrected chi connectivity index (χ2v) is 6.56. The molecular weight excluding hydrogens is 340 g/mol. The van der Waals surface area contributed by atoms with Gasteiger partial charge in [-0.2, -0.15) is 19.6 Å². The zero-order chi connectivity index (χ0) is 18.4. The fourth-order valence-electron chi connectivity index (χ4n) is 3.54. The molecule has 1 aliphatic heterocycles. The Morgan fingerprint density at radius 1 is 1.23 bits per heavy atom. The van der Waals surface area contributed by atoms with Crippen molar-refractivity contribution in [3.63, 3.8) is 0 Å². The molecule has 3 heterocycles. The van der Waals surface area contributed by atoms with Gasteiger partial charge in [0, 0.05) is 18.2 Å². The minimum Gasteiger partial charge on any atom is -0.480 e. The van der Waals surface area contributed by atoms with Gasteiger partial charge in [-0.1, -0.05) is 0 Å². The van der Waals surface area contributed by atoms with E-state index in [0.717, 1.165) is 19.4 Å². The van der Waals surface area contributed by atoms with E-state index in [2.05, 4.69) is 26.9 Å². The summed E-state index contributed by atoms with van der Waals surface area (Å²) < 4.78 is 36.0. The van der Waals surface area contributed by atoms with Crippen LogP contribution < -0.4 is 9.64 Å². The van der Waals surface area contributed by atoms with Crippen molar-refractivity contribution in [2.45, 2.75) is 32.7 Å². The molecule has 8 heteroatoms. The summed E-state index contributed by atoms with van der Waals surface area (Å²) in [6.45, 7) is 4.41. The molecule has 26 heavy (non-hydrogen) atoms. The lowest BCUT2D eigenvalue weighted by Gasteiger charge is -2.27. The van der Waals surface area contributed by atoms with Gasteiger partial charge in [-0.25, -0.2) is 8.78 Å². The van der Waals surface area contributed by atoms with Crippen molar-refractivity contribution < 1.29 is 13.5 Å². The fraction of sp³-hybridized carbons (Fsp3) is 0.389. The van der Waals surface area contributed by atoms with Gasteiger partial charge < -0.3 is 9.64 Å². The lowest BCUT2D eigenvalue weighted by Crippen LogP contribution is -2.29. The largest absolute Gasteiger partial charge is 0.480 e. The quantitative estimate of drug-likeness (QED) is 0.718. The van der Waals surface area contributed by atoms with Crippen LogP contribution in [0, 0.1) is 18.6 Å². The molecule has 0 N–H and O–H groups in total. The van der Waals surface area contributed by atoms with Gasteiger partial charge in [-0.3, -0.25) is 0 Å². The van der Waals surface area contributed by atoms with Crippen LogP contribution in [0.4, 0.5) is 14.6 Å². The molecule has 1 aromatic carbocycles. The van der Waals surface area contributed by atoms with Crippen LogP contribution in [0.1, 0.15) is 25.3 Å². The normalized spacial score (nSPS) is 17.3. The van der Waals surface area contributed by atoms with Gasteiger partial charge >= 0.3 is 0 Å². The predicted octanol–water partition coefficient (Wildman–Crippen LogP) is 3.38. The van der Waals surface area contributed by atoms with Gasteiger partial charge in [0.25, 0.3) is 5.78 Å². The molecule has 2 aromatic heterocycles. The third kappa shape index (κ3) is 2.48. The Hall–Kier alpha value is -2.77. The molecule has 6 nitrogen and oxygen atoms in total. The van der Waals surface area contributed by atoms with E-state index in [1.807, 2.05) is 0 Å². The summed E-state index contributed by atoms with van der Waals surface area (Å²) in [6.07, 6.45) is 3.40. The molecule has 1 aliphatic rings. The number of hydrogen-bond acceptors (Lipinski definition) is 5. The SMILES string of the molecule is COc1nc2ncnn2c(N2CCCC2C)c1-c1cc(F)c(C)cc1F. The van der Waals surface area contributed by atoms with Crippen molar-refractivity contribution in [2.75, 3.05) is 18.6 Å². The average Bonchev–Trinajstić information content (AvgIpc) is 3.25. The number of aryl methyl sites for hydroxylation is 1. The first-order chi connectivity index (χ1) is 12.5. The smallest absolute Gasteiger partial charge is 0.257 e. The molecule has 136 valence electrons. The third-order valence-electron chi connectivity index (χ3n) is 4.91. The van der Waals surface area contributed by atoms with Crippen LogP contribution in [0.25, 0.3) is 16.9 Å². The summed E-state index contributed by atoms with van der Waals surface area (Å²) in [5.74, 6) is 0.157. The molecule has 1 atom stereocenters. The fourth-order valence-corrected chi connectivity index (χ4v) is 3.54. The Morgan fingerprint density at radius 3 is 2.73 bits per heavy atom. The summed E-state index contributed by atoms with van der Waals surface area (Å²) >= 11 is 0. The molecule has 4 rings (SSSR count). The summed E-state index contributed by atoms with van der Waals surface area (Å²) in [5, 5.41) is 4.26. The molecule has 1 unspecified atom stereocenters. The van der Waals surface area contributed by atoms with Crippen LogP contribution in [0.5, 0.6) is 5.88 Å². The minimum absolute atomic E-state index is 0.101. The van der Waals surface area contributed by atoms with Gasteiger partial charge in [-0.15, -0.1) is 0 Å². The molecule has 0 amide bonds. The van der Waals surface area contributed by atoms with Crippen LogP contribution in [0.2, 0.25) is 0 Å². The molecule has 1 fully saturated rings. The van der Waals surface area contributed by atoms with Crippen molar-refractivity contribution in [1.29, 1.82) is 0 Å². The van der Waals surface area contributed by atoms with Crippen LogP contribution in [-0.2, 0) is 0 Å². The van der Waals surface area contributed by atoms with Crippen molar-refractivity contribution in [1.82, 2.24) is 19.6 Å². The van der Waals surface area contributed by atoms with E-state index in [4.69, 9.17) is 4.74 Å². The number of methoxy groups -OCH3 is 1. The highest BCUT2D eigenvalue weighted by Crippen LogP contribution is 2.41.